The lowest BCUT2D eigenvalue weighted by Gasteiger charge is -2.13. The minimum Gasteiger partial charge on any atom is -0.544 e. The van der Waals surface area contributed by atoms with E-state index < -0.39 is 31.8 Å². The van der Waals surface area contributed by atoms with E-state index in [0.29, 0.717) is 0 Å². The zero-order chi connectivity index (χ0) is 12.1. The molecule has 0 aliphatic rings. The van der Waals surface area contributed by atoms with Crippen LogP contribution in [0.3, 0.4) is 0 Å². The number of rotatable bonds is 7. The summed E-state index contributed by atoms with van der Waals surface area (Å²) in [6.07, 6.45) is -1.08. The first-order valence-corrected chi connectivity index (χ1v) is 6.34. The minimum absolute atomic E-state index is 0.0876. The molecule has 15 heavy (non-hydrogen) atoms. The van der Waals surface area contributed by atoms with Gasteiger partial charge in [0.2, 0.25) is 7.37 Å². The number of hydrogen-bond donors (Lipinski definition) is 3. The molecule has 88 valence electrons. The highest BCUT2D eigenvalue weighted by Gasteiger charge is 2.21. The molecule has 0 heterocycles. The Labute approximate surface area is 86.4 Å². The summed E-state index contributed by atoms with van der Waals surface area (Å²) in [5.74, 6) is -2.54. The highest BCUT2D eigenvalue weighted by atomic mass is 31.2. The Balaban J connectivity index is 3.99. The monoisotopic (exact) mass is 239 g/mol. The third-order valence-electron chi connectivity index (χ3n) is 1.84. The van der Waals surface area contributed by atoms with E-state index in [1.165, 1.54) is 0 Å². The highest BCUT2D eigenvalue weighted by Crippen LogP contribution is 2.41. The zero-order valence-corrected chi connectivity index (χ0v) is 8.98. The smallest absolute Gasteiger partial charge is 0.303 e. The Bertz CT molecular complexity index is 291. The molecule has 0 aliphatic carbocycles. The van der Waals surface area contributed by atoms with Crippen molar-refractivity contribution in [1.82, 2.24) is 0 Å². The number of aliphatic carboxylic acids is 2. The number of quaternary nitrogens is 1. The van der Waals surface area contributed by atoms with E-state index in [9.17, 15) is 24.2 Å². The van der Waals surface area contributed by atoms with Crippen LogP contribution in [0.2, 0.25) is 0 Å². The van der Waals surface area contributed by atoms with E-state index in [-0.39, 0.29) is 18.7 Å². The number of hydrogen-bond acceptors (Lipinski definition) is 4. The van der Waals surface area contributed by atoms with E-state index in [1.807, 2.05) is 0 Å². The molecule has 0 amide bonds. The van der Waals surface area contributed by atoms with Gasteiger partial charge in [-0.05, 0) is 0 Å². The van der Waals surface area contributed by atoms with Crippen molar-refractivity contribution in [3.63, 3.8) is 0 Å². The second-order valence-electron chi connectivity index (χ2n) is 3.24. The number of carboxylic acid groups (broad SMARTS) is 2. The van der Waals surface area contributed by atoms with Crippen LogP contribution in [0.4, 0.5) is 0 Å². The Kier molecular flexibility index (Phi) is 5.49. The Morgan fingerprint density at radius 3 is 2.33 bits per heavy atom. The molecule has 0 saturated carbocycles. The van der Waals surface area contributed by atoms with Gasteiger partial charge in [-0.2, -0.15) is 0 Å². The number of carbonyl (C=O) groups excluding carboxylic acids is 1. The minimum atomic E-state index is -3.55. The summed E-state index contributed by atoms with van der Waals surface area (Å²) in [6.45, 7) is 0. The van der Waals surface area contributed by atoms with E-state index >= 15 is 0 Å². The molecule has 5 N–H and O–H groups in total. The lowest BCUT2D eigenvalue weighted by molar-refractivity contribution is -0.437. The van der Waals surface area contributed by atoms with Gasteiger partial charge in [0.15, 0.2) is 0 Å². The van der Waals surface area contributed by atoms with Crippen LogP contribution in [-0.2, 0) is 14.2 Å². The average molecular weight is 239 g/mol. The van der Waals surface area contributed by atoms with Crippen LogP contribution >= 0.6 is 7.37 Å². The fourth-order valence-corrected chi connectivity index (χ4v) is 2.34. The van der Waals surface area contributed by atoms with E-state index in [4.69, 9.17) is 5.11 Å². The molecule has 8 heteroatoms. The van der Waals surface area contributed by atoms with Crippen LogP contribution in [-0.4, -0.2) is 40.3 Å². The van der Waals surface area contributed by atoms with Gasteiger partial charge in [0.1, 0.15) is 6.04 Å². The molecular weight excluding hydrogens is 225 g/mol. The van der Waals surface area contributed by atoms with Gasteiger partial charge in [-0.1, -0.05) is 0 Å². The molecule has 0 aromatic carbocycles. The molecule has 7 nitrogen and oxygen atoms in total. The van der Waals surface area contributed by atoms with E-state index in [2.05, 4.69) is 5.73 Å². The topological polar surface area (TPSA) is 142 Å². The molecule has 0 aromatic heterocycles. The predicted molar refractivity (Wildman–Crippen MR) is 48.1 cm³/mol. The van der Waals surface area contributed by atoms with E-state index in [0.717, 1.165) is 0 Å². The van der Waals surface area contributed by atoms with Gasteiger partial charge in [0.25, 0.3) is 0 Å². The van der Waals surface area contributed by atoms with Gasteiger partial charge in [0.05, 0.1) is 12.4 Å². The SMILES string of the molecule is [NH3+]C(CCP(=O)(O)CCC(=O)O)C(=O)[O-]. The van der Waals surface area contributed by atoms with Gasteiger partial charge in [-0.3, -0.25) is 9.36 Å². The van der Waals surface area contributed by atoms with Crippen LogP contribution in [0.25, 0.3) is 0 Å². The van der Waals surface area contributed by atoms with Crippen LogP contribution in [0, 0.1) is 0 Å². The van der Waals surface area contributed by atoms with Crippen LogP contribution in [0.1, 0.15) is 12.8 Å². The summed E-state index contributed by atoms with van der Waals surface area (Å²) in [4.78, 5) is 29.6. The summed E-state index contributed by atoms with van der Waals surface area (Å²) in [6, 6.07) is -1.05. The second-order valence-corrected chi connectivity index (χ2v) is 5.83. The summed E-state index contributed by atoms with van der Waals surface area (Å²) >= 11 is 0. The first-order chi connectivity index (χ1) is 6.74. The highest BCUT2D eigenvalue weighted by molar-refractivity contribution is 7.58. The number of carboxylic acids is 2. The Morgan fingerprint density at radius 2 is 1.93 bits per heavy atom. The summed E-state index contributed by atoms with van der Waals surface area (Å²) in [7, 11) is -3.55. The molecular formula is C7H14NO6P. The van der Waals surface area contributed by atoms with Crippen LogP contribution in [0.15, 0.2) is 0 Å². The maximum Gasteiger partial charge on any atom is 0.303 e. The van der Waals surface area contributed by atoms with Crippen molar-refractivity contribution in [2.24, 2.45) is 0 Å². The Morgan fingerprint density at radius 1 is 1.40 bits per heavy atom. The summed E-state index contributed by atoms with van der Waals surface area (Å²) in [5.41, 5.74) is 3.23. The second kappa shape index (κ2) is 5.85. The largest absolute Gasteiger partial charge is 0.544 e. The maximum absolute atomic E-state index is 11.3. The standard InChI is InChI=1S/C7H14NO6P/c8-5(7(11)12)1-3-15(13,14)4-2-6(9)10/h5H,1-4,8H2,(H,9,10)(H,11,12)(H,13,14). The van der Waals surface area contributed by atoms with Crippen molar-refractivity contribution in [3.8, 4) is 0 Å². The normalized spacial score (nSPS) is 16.7. The van der Waals surface area contributed by atoms with Crippen LogP contribution < -0.4 is 10.8 Å². The lowest BCUT2D eigenvalue weighted by Crippen LogP contribution is -2.68. The molecule has 2 atom stereocenters. The number of carbonyl (C=O) groups is 2. The van der Waals surface area contributed by atoms with Crippen molar-refractivity contribution in [3.05, 3.63) is 0 Å². The zero-order valence-electron chi connectivity index (χ0n) is 8.09. The third kappa shape index (κ3) is 7.07. The van der Waals surface area contributed by atoms with Gasteiger partial charge < -0.3 is 25.6 Å². The van der Waals surface area contributed by atoms with Gasteiger partial charge in [-0.25, -0.2) is 0 Å². The van der Waals surface area contributed by atoms with Gasteiger partial charge in [0, 0.05) is 18.7 Å². The average Bonchev–Trinajstić information content (AvgIpc) is 2.11. The maximum atomic E-state index is 11.3. The molecule has 2 unspecified atom stereocenters. The van der Waals surface area contributed by atoms with Gasteiger partial charge in [-0.15, -0.1) is 0 Å². The van der Waals surface area contributed by atoms with Crippen molar-refractivity contribution in [2.45, 2.75) is 18.9 Å². The van der Waals surface area contributed by atoms with Crippen LogP contribution in [0.5, 0.6) is 0 Å². The third-order valence-corrected chi connectivity index (χ3v) is 3.71. The Hall–Kier alpha value is -0.910. The molecule has 0 aliphatic heterocycles. The molecule has 0 saturated heterocycles. The molecule has 0 radical (unpaired) electrons. The van der Waals surface area contributed by atoms with E-state index in [1.54, 1.807) is 0 Å². The molecule has 0 aromatic rings. The fraction of sp³-hybridized carbons (Fsp3) is 0.714. The van der Waals surface area contributed by atoms with Gasteiger partial charge >= 0.3 is 5.97 Å². The first-order valence-electron chi connectivity index (χ1n) is 4.31. The van der Waals surface area contributed by atoms with Crippen molar-refractivity contribution in [1.29, 1.82) is 0 Å². The molecule has 0 bridgehead atoms. The molecule has 0 spiro atoms. The lowest BCUT2D eigenvalue weighted by atomic mass is 10.2. The van der Waals surface area contributed by atoms with Crippen molar-refractivity contribution >= 4 is 19.3 Å². The first kappa shape index (κ1) is 14.1. The quantitative estimate of drug-likeness (QED) is 0.418. The molecule has 0 fully saturated rings. The van der Waals surface area contributed by atoms with Crippen molar-refractivity contribution < 1.29 is 35.0 Å². The fourth-order valence-electron chi connectivity index (χ4n) is 0.858. The summed E-state index contributed by atoms with van der Waals surface area (Å²) in [5, 5.41) is 18.5. The summed E-state index contributed by atoms with van der Waals surface area (Å²) < 4.78 is 11.3. The molecule has 0 rings (SSSR count). The predicted octanol–water partition coefficient (Wildman–Crippen LogP) is -2.52. The van der Waals surface area contributed by atoms with Crippen molar-refractivity contribution in [2.75, 3.05) is 12.3 Å².